The number of fused-ring (bicyclic) bond motifs is 2. The summed E-state index contributed by atoms with van der Waals surface area (Å²) >= 11 is 0. The Hall–Kier alpha value is -3.13. The summed E-state index contributed by atoms with van der Waals surface area (Å²) in [6, 6.07) is 14.3. The van der Waals surface area contributed by atoms with Gasteiger partial charge in [0.1, 0.15) is 0 Å². The molecule has 1 atom stereocenters. The van der Waals surface area contributed by atoms with Gasteiger partial charge in [-0.3, -0.25) is 4.79 Å². The minimum Gasteiger partial charge on any atom is -0.478 e. The van der Waals surface area contributed by atoms with Crippen molar-refractivity contribution in [3.8, 4) is 0 Å². The average Bonchev–Trinajstić information content (AvgIpc) is 3.24. The molecule has 1 aliphatic heterocycles. The van der Waals surface area contributed by atoms with Gasteiger partial charge in [0.15, 0.2) is 0 Å². The van der Waals surface area contributed by atoms with Gasteiger partial charge in [-0.25, -0.2) is 17.4 Å². The topological polar surface area (TPSA) is 87.0 Å². The van der Waals surface area contributed by atoms with Crippen molar-refractivity contribution < 1.29 is 22.7 Å². The molecule has 1 aromatic heterocycles. The third-order valence-corrected chi connectivity index (χ3v) is 6.98. The highest BCUT2D eigenvalue weighted by molar-refractivity contribution is 7.89. The van der Waals surface area contributed by atoms with Crippen LogP contribution in [-0.4, -0.2) is 38.0 Å². The van der Waals surface area contributed by atoms with Crippen LogP contribution in [-0.2, 0) is 36.5 Å². The van der Waals surface area contributed by atoms with Gasteiger partial charge in [-0.2, -0.15) is 0 Å². The van der Waals surface area contributed by atoms with E-state index in [0.717, 1.165) is 11.1 Å². The lowest BCUT2D eigenvalue weighted by Gasteiger charge is -2.13. The number of carbonyl (C=O) groups is 1. The first kappa shape index (κ1) is 21.1. The highest BCUT2D eigenvalue weighted by atomic mass is 32.2. The van der Waals surface area contributed by atoms with E-state index < -0.39 is 16.0 Å². The van der Waals surface area contributed by atoms with Crippen LogP contribution in [0.15, 0.2) is 53.5 Å². The summed E-state index contributed by atoms with van der Waals surface area (Å²) in [5.41, 5.74) is 3.31. The standard InChI is InChI=1S/C23H24N2O5S/c1-4-30-23-20-11-17-10-18(12-22(26)29-3)25(21(17)13-19(20)15(2)24-23)31(27,28)14-16-8-6-5-7-9-16/h5-11,13,15H,4,12,14H2,1-3H3. The maximum Gasteiger partial charge on any atom is 0.311 e. The van der Waals surface area contributed by atoms with Crippen LogP contribution in [0, 0.1) is 0 Å². The van der Waals surface area contributed by atoms with E-state index in [1.165, 1.54) is 11.1 Å². The monoisotopic (exact) mass is 440 g/mol. The number of hydrogen-bond acceptors (Lipinski definition) is 6. The Bertz CT molecular complexity index is 1280. The lowest BCUT2D eigenvalue weighted by molar-refractivity contribution is -0.139. The van der Waals surface area contributed by atoms with E-state index in [2.05, 4.69) is 4.99 Å². The van der Waals surface area contributed by atoms with Crippen molar-refractivity contribution >= 4 is 32.8 Å². The molecule has 0 amide bonds. The van der Waals surface area contributed by atoms with Crippen molar-refractivity contribution in [3.05, 3.63) is 70.9 Å². The molecule has 0 bridgehead atoms. The number of aliphatic imine (C=N–C) groups is 1. The zero-order valence-electron chi connectivity index (χ0n) is 17.7. The number of benzene rings is 2. The van der Waals surface area contributed by atoms with Crippen LogP contribution in [0.1, 0.15) is 42.3 Å². The zero-order chi connectivity index (χ0) is 22.2. The largest absolute Gasteiger partial charge is 0.478 e. The van der Waals surface area contributed by atoms with Crippen molar-refractivity contribution in [3.63, 3.8) is 0 Å². The quantitative estimate of drug-likeness (QED) is 0.547. The molecule has 31 heavy (non-hydrogen) atoms. The van der Waals surface area contributed by atoms with Gasteiger partial charge in [0, 0.05) is 16.6 Å². The maximum atomic E-state index is 13.5. The summed E-state index contributed by atoms with van der Waals surface area (Å²) in [5.74, 6) is -0.128. The van der Waals surface area contributed by atoms with Gasteiger partial charge >= 0.3 is 5.97 Å². The van der Waals surface area contributed by atoms with Crippen LogP contribution in [0.5, 0.6) is 0 Å². The fraction of sp³-hybridized carbons (Fsp3) is 0.304. The molecule has 3 aromatic rings. The maximum absolute atomic E-state index is 13.5. The van der Waals surface area contributed by atoms with Crippen molar-refractivity contribution in [1.82, 2.24) is 3.97 Å². The Balaban J connectivity index is 1.89. The molecule has 0 fully saturated rings. The van der Waals surface area contributed by atoms with Gasteiger partial charge in [-0.1, -0.05) is 30.3 Å². The summed E-state index contributed by atoms with van der Waals surface area (Å²) in [7, 11) is -2.51. The third kappa shape index (κ3) is 3.95. The summed E-state index contributed by atoms with van der Waals surface area (Å²) in [6.07, 6.45) is -0.147. The number of ether oxygens (including phenoxy) is 2. The Labute approximate surface area is 181 Å². The Morgan fingerprint density at radius 1 is 1.16 bits per heavy atom. The first-order chi connectivity index (χ1) is 14.8. The number of nitrogens with zero attached hydrogens (tertiary/aromatic N) is 2. The molecule has 2 heterocycles. The fourth-order valence-electron chi connectivity index (χ4n) is 3.92. The number of aromatic nitrogens is 1. The van der Waals surface area contributed by atoms with Gasteiger partial charge in [0.25, 0.3) is 0 Å². The van der Waals surface area contributed by atoms with Gasteiger partial charge in [0.2, 0.25) is 15.9 Å². The van der Waals surface area contributed by atoms with E-state index in [0.29, 0.717) is 34.7 Å². The average molecular weight is 441 g/mol. The Morgan fingerprint density at radius 3 is 2.58 bits per heavy atom. The van der Waals surface area contributed by atoms with Crippen molar-refractivity contribution in [1.29, 1.82) is 0 Å². The van der Waals surface area contributed by atoms with E-state index >= 15 is 0 Å². The molecule has 7 nitrogen and oxygen atoms in total. The Kier molecular flexibility index (Phi) is 5.58. The molecule has 0 saturated carbocycles. The zero-order valence-corrected chi connectivity index (χ0v) is 18.5. The predicted octanol–water partition coefficient (Wildman–Crippen LogP) is 3.59. The number of hydrogen-bond donors (Lipinski definition) is 0. The molecule has 0 saturated heterocycles. The minimum absolute atomic E-state index is 0.147. The second-order valence-electron chi connectivity index (χ2n) is 7.44. The number of rotatable bonds is 6. The van der Waals surface area contributed by atoms with E-state index in [1.54, 1.807) is 30.3 Å². The summed E-state index contributed by atoms with van der Waals surface area (Å²) in [4.78, 5) is 16.6. The van der Waals surface area contributed by atoms with Crippen molar-refractivity contribution in [2.45, 2.75) is 32.1 Å². The van der Waals surface area contributed by atoms with E-state index in [-0.39, 0.29) is 18.2 Å². The number of esters is 1. The van der Waals surface area contributed by atoms with Crippen LogP contribution in [0.2, 0.25) is 0 Å². The Morgan fingerprint density at radius 2 is 1.90 bits per heavy atom. The van der Waals surface area contributed by atoms with Crippen LogP contribution < -0.4 is 0 Å². The first-order valence-corrected chi connectivity index (χ1v) is 11.7. The molecule has 0 spiro atoms. The van der Waals surface area contributed by atoms with Gasteiger partial charge in [0.05, 0.1) is 37.4 Å². The third-order valence-electron chi connectivity index (χ3n) is 5.30. The predicted molar refractivity (Wildman–Crippen MR) is 119 cm³/mol. The van der Waals surface area contributed by atoms with Crippen molar-refractivity contribution in [2.75, 3.05) is 13.7 Å². The lowest BCUT2D eigenvalue weighted by Crippen LogP contribution is -2.19. The lowest BCUT2D eigenvalue weighted by atomic mass is 10.0. The van der Waals surface area contributed by atoms with Crippen molar-refractivity contribution in [2.24, 2.45) is 4.99 Å². The molecule has 1 unspecified atom stereocenters. The molecular weight excluding hydrogens is 416 g/mol. The molecule has 4 rings (SSSR count). The van der Waals surface area contributed by atoms with Crippen LogP contribution in [0.4, 0.5) is 0 Å². The second-order valence-corrected chi connectivity index (χ2v) is 9.25. The summed E-state index contributed by atoms with van der Waals surface area (Å²) < 4.78 is 38.7. The highest BCUT2D eigenvalue weighted by Crippen LogP contribution is 2.35. The van der Waals surface area contributed by atoms with Gasteiger partial charge in [-0.15, -0.1) is 0 Å². The smallest absolute Gasteiger partial charge is 0.311 e. The fourth-order valence-corrected chi connectivity index (χ4v) is 5.60. The summed E-state index contributed by atoms with van der Waals surface area (Å²) in [6.45, 7) is 4.33. The highest BCUT2D eigenvalue weighted by Gasteiger charge is 2.28. The van der Waals surface area contributed by atoms with Gasteiger partial charge in [-0.05, 0) is 43.2 Å². The molecule has 162 valence electrons. The van der Waals surface area contributed by atoms with Crippen LogP contribution in [0.3, 0.4) is 0 Å². The summed E-state index contributed by atoms with van der Waals surface area (Å²) in [5, 5.41) is 0.704. The van der Waals surface area contributed by atoms with E-state index in [1.807, 2.05) is 32.0 Å². The molecule has 0 N–H and O–H groups in total. The van der Waals surface area contributed by atoms with Crippen LogP contribution in [0.25, 0.3) is 10.9 Å². The van der Waals surface area contributed by atoms with E-state index in [4.69, 9.17) is 9.47 Å². The number of methoxy groups -OCH3 is 1. The molecule has 0 radical (unpaired) electrons. The molecular formula is C23H24N2O5S. The molecule has 1 aliphatic rings. The SMILES string of the molecule is CCOC1=NC(C)c2cc3c(cc21)cc(CC(=O)OC)n3S(=O)(=O)Cc1ccccc1. The minimum atomic E-state index is -3.80. The van der Waals surface area contributed by atoms with E-state index in [9.17, 15) is 13.2 Å². The second kappa shape index (κ2) is 8.19. The van der Waals surface area contributed by atoms with Gasteiger partial charge < -0.3 is 9.47 Å². The molecule has 0 aliphatic carbocycles. The van der Waals surface area contributed by atoms with Crippen LogP contribution >= 0.6 is 0 Å². The first-order valence-electron chi connectivity index (χ1n) is 10.1. The molecule has 8 heteroatoms. The number of carbonyl (C=O) groups excluding carboxylic acids is 1. The molecule has 2 aromatic carbocycles. The normalized spacial score (nSPS) is 15.6.